The maximum atomic E-state index is 13.1. The molecule has 0 spiro atoms. The molecule has 2 saturated carbocycles. The number of H-pyrrole nitrogens is 1. The normalized spacial score (nSPS) is 41.8. The summed E-state index contributed by atoms with van der Waals surface area (Å²) in [6.07, 6.45) is 1.69. The van der Waals surface area contributed by atoms with Crippen molar-refractivity contribution >= 4 is 40.9 Å². The molecule has 3 fully saturated rings. The molecule has 2 bridgehead atoms. The van der Waals surface area contributed by atoms with Crippen molar-refractivity contribution in [3.05, 3.63) is 14.5 Å². The number of hydrogen-bond donors (Lipinski definition) is 2. The summed E-state index contributed by atoms with van der Waals surface area (Å²) in [6, 6.07) is -1.13. The topological polar surface area (TPSA) is 108 Å². The van der Waals surface area contributed by atoms with E-state index in [1.165, 1.54) is 18.3 Å². The number of carbonyl (C=O) groups excluding carboxylic acids is 2. The van der Waals surface area contributed by atoms with Gasteiger partial charge in [-0.3, -0.25) is 19.3 Å². The Morgan fingerprint density at radius 3 is 2.54 bits per heavy atom. The van der Waals surface area contributed by atoms with Crippen LogP contribution in [0.4, 0.5) is 0 Å². The summed E-state index contributed by atoms with van der Waals surface area (Å²) in [4.78, 5) is 54.6. The molecule has 1 aromatic rings. The number of fused-ring (bicyclic) bond motifs is 9. The number of carboxylic acid groups (broad SMARTS) is 1. The van der Waals surface area contributed by atoms with Gasteiger partial charge >= 0.3 is 10.8 Å². The largest absolute Gasteiger partial charge is 0.480 e. The van der Waals surface area contributed by atoms with Gasteiger partial charge < -0.3 is 10.1 Å². The molecule has 1 saturated heterocycles. The fraction of sp³-hybridized carbons (Fsp3) is 0.684. The molecule has 5 rings (SSSR count). The van der Waals surface area contributed by atoms with E-state index in [0.717, 1.165) is 27.6 Å². The number of imide groups is 1. The third kappa shape index (κ3) is 2.01. The van der Waals surface area contributed by atoms with Gasteiger partial charge in [-0.05, 0) is 37.5 Å². The van der Waals surface area contributed by atoms with E-state index in [0.29, 0.717) is 0 Å². The molecule has 9 heteroatoms. The number of nitrogens with one attached hydrogen (secondary N) is 1. The summed E-state index contributed by atoms with van der Waals surface area (Å²) in [5, 5.41) is 10.4. The van der Waals surface area contributed by atoms with Crippen molar-refractivity contribution in [2.24, 2.45) is 29.6 Å². The Hall–Kier alpha value is -1.61. The molecule has 2 aliphatic carbocycles. The molecule has 2 aliphatic heterocycles. The van der Waals surface area contributed by atoms with Crippen LogP contribution < -0.4 is 4.87 Å². The van der Waals surface area contributed by atoms with Gasteiger partial charge in [0.25, 0.3) is 0 Å². The number of rotatable bonds is 3. The van der Waals surface area contributed by atoms with E-state index in [-0.39, 0.29) is 45.1 Å². The Morgan fingerprint density at radius 1 is 1.29 bits per heavy atom. The van der Waals surface area contributed by atoms with E-state index in [1.54, 1.807) is 11.8 Å². The van der Waals surface area contributed by atoms with Crippen molar-refractivity contribution in [1.29, 1.82) is 0 Å². The predicted octanol–water partition coefficient (Wildman–Crippen LogP) is 1.92. The fourth-order valence-corrected chi connectivity index (χ4v) is 9.60. The second kappa shape index (κ2) is 5.72. The quantitative estimate of drug-likeness (QED) is 0.721. The molecular weight excluding hydrogens is 400 g/mol. The summed E-state index contributed by atoms with van der Waals surface area (Å²) in [7, 11) is 0. The molecule has 3 heterocycles. The van der Waals surface area contributed by atoms with E-state index in [4.69, 9.17) is 0 Å². The Morgan fingerprint density at radius 2 is 1.93 bits per heavy atom. The lowest BCUT2D eigenvalue weighted by molar-refractivity contribution is -0.154. The predicted molar refractivity (Wildman–Crippen MR) is 103 cm³/mol. The van der Waals surface area contributed by atoms with Crippen molar-refractivity contribution in [2.45, 2.75) is 55.3 Å². The van der Waals surface area contributed by atoms with Gasteiger partial charge in [0.2, 0.25) is 11.8 Å². The van der Waals surface area contributed by atoms with Crippen molar-refractivity contribution in [3.63, 3.8) is 0 Å². The Labute approximate surface area is 169 Å². The zero-order valence-electron chi connectivity index (χ0n) is 15.8. The highest BCUT2D eigenvalue weighted by atomic mass is 32.2. The maximum absolute atomic E-state index is 13.1. The summed E-state index contributed by atoms with van der Waals surface area (Å²) in [6.45, 7) is 5.70. The zero-order valence-corrected chi connectivity index (χ0v) is 17.4. The number of aliphatic carboxylic acids is 1. The van der Waals surface area contributed by atoms with E-state index in [1.807, 2.05) is 0 Å². The Bertz CT molecular complexity index is 970. The maximum Gasteiger partial charge on any atom is 0.326 e. The smallest absolute Gasteiger partial charge is 0.326 e. The minimum absolute atomic E-state index is 0.0508. The molecule has 0 radical (unpaired) electrons. The molecule has 2 N–H and O–H groups in total. The molecule has 7 nitrogen and oxygen atoms in total. The number of thiazole rings is 1. The van der Waals surface area contributed by atoms with Crippen LogP contribution in [0.1, 0.15) is 38.5 Å². The van der Waals surface area contributed by atoms with E-state index in [2.05, 4.69) is 18.8 Å². The molecule has 0 aromatic carbocycles. The van der Waals surface area contributed by atoms with Crippen LogP contribution in [0.25, 0.3) is 0 Å². The molecule has 28 heavy (non-hydrogen) atoms. The van der Waals surface area contributed by atoms with Crippen molar-refractivity contribution in [2.75, 3.05) is 0 Å². The Kier molecular flexibility index (Phi) is 3.76. The Balaban J connectivity index is 1.59. The number of hydrogen-bond acceptors (Lipinski definition) is 6. The van der Waals surface area contributed by atoms with Crippen LogP contribution in [0.15, 0.2) is 9.82 Å². The van der Waals surface area contributed by atoms with Crippen LogP contribution >= 0.6 is 23.1 Å². The second-order valence-electron chi connectivity index (χ2n) is 8.73. The third-order valence-electron chi connectivity index (χ3n) is 7.74. The first-order valence-electron chi connectivity index (χ1n) is 9.70. The third-order valence-corrected chi connectivity index (χ3v) is 10.5. The molecule has 4 aliphatic rings. The van der Waals surface area contributed by atoms with E-state index < -0.39 is 23.8 Å². The summed E-state index contributed by atoms with van der Waals surface area (Å²) >= 11 is 2.92. The number of likely N-dealkylation sites (tertiary alicyclic amines) is 1. The van der Waals surface area contributed by atoms with Crippen molar-refractivity contribution < 1.29 is 19.5 Å². The van der Waals surface area contributed by atoms with Gasteiger partial charge in [-0.25, -0.2) is 4.79 Å². The lowest BCUT2D eigenvalue weighted by Crippen LogP contribution is -2.49. The van der Waals surface area contributed by atoms with E-state index >= 15 is 0 Å². The average Bonchev–Trinajstić information content (AvgIpc) is 3.36. The number of amides is 2. The minimum Gasteiger partial charge on any atom is -0.480 e. The average molecular weight is 423 g/mol. The first kappa shape index (κ1) is 18.4. The summed E-state index contributed by atoms with van der Waals surface area (Å²) in [5.74, 6) is -2.29. The number of nitrogens with zero attached hydrogens (tertiary/aromatic N) is 1. The highest BCUT2D eigenvalue weighted by Crippen LogP contribution is 2.69. The summed E-state index contributed by atoms with van der Waals surface area (Å²) < 4.78 is 0. The first-order chi connectivity index (χ1) is 13.2. The molecular formula is C19H22N2O5S2. The molecule has 1 aromatic heterocycles. The van der Waals surface area contributed by atoms with Gasteiger partial charge in [-0.15, -0.1) is 11.8 Å². The van der Waals surface area contributed by atoms with Crippen LogP contribution in [0, 0.1) is 29.6 Å². The van der Waals surface area contributed by atoms with Crippen LogP contribution in [0.3, 0.4) is 0 Å². The van der Waals surface area contributed by atoms with Gasteiger partial charge in [0.15, 0.2) is 0 Å². The molecule has 0 unspecified atom stereocenters. The standard InChI is InChI=1S/C19H22N2O5S2/c1-4-19(3)11-7-5-8(12(11)27-14-13(19)28-18(26)20-14)10-9(7)15(22)21(16(10)23)6(2)17(24)25/h6-12H,4-5H2,1-3H3,(H,20,26)(H,24,25)/t6-,7-,8+,9-,10+,11+,12-,19-/m1/s1. The van der Waals surface area contributed by atoms with Crippen LogP contribution in [0.2, 0.25) is 0 Å². The first-order valence-corrected chi connectivity index (χ1v) is 11.4. The number of carbonyl (C=O) groups is 3. The molecule has 150 valence electrons. The zero-order chi connectivity index (χ0) is 20.1. The van der Waals surface area contributed by atoms with Crippen LogP contribution in [0.5, 0.6) is 0 Å². The SMILES string of the molecule is CC[C@@]1(C)c2sc(=O)[nH]c2S[C@@H]2[C@H]3C[C@H]([C@H]4C(=O)N([C@H](C)C(=O)O)C(=O)[C@@H]34)[C@@H]21. The monoisotopic (exact) mass is 422 g/mol. The van der Waals surface area contributed by atoms with Gasteiger partial charge in [-0.2, -0.15) is 0 Å². The highest BCUT2D eigenvalue weighted by Gasteiger charge is 2.71. The van der Waals surface area contributed by atoms with Crippen LogP contribution in [-0.2, 0) is 19.8 Å². The summed E-state index contributed by atoms with van der Waals surface area (Å²) in [5.41, 5.74) is -0.214. The van der Waals surface area contributed by atoms with Crippen LogP contribution in [-0.4, -0.2) is 44.1 Å². The lowest BCUT2D eigenvalue weighted by atomic mass is 9.62. The fourth-order valence-electron chi connectivity index (χ4n) is 6.41. The number of aromatic nitrogens is 1. The number of thioether (sulfide) groups is 1. The van der Waals surface area contributed by atoms with Crippen molar-refractivity contribution in [3.8, 4) is 0 Å². The number of carboxylic acids is 1. The van der Waals surface area contributed by atoms with E-state index in [9.17, 15) is 24.3 Å². The van der Waals surface area contributed by atoms with Gasteiger partial charge in [-0.1, -0.05) is 25.2 Å². The minimum atomic E-state index is -1.15. The highest BCUT2D eigenvalue weighted by molar-refractivity contribution is 8.00. The second-order valence-corrected chi connectivity index (χ2v) is 10.9. The van der Waals surface area contributed by atoms with Gasteiger partial charge in [0.1, 0.15) is 6.04 Å². The van der Waals surface area contributed by atoms with Gasteiger partial charge in [0.05, 0.1) is 16.9 Å². The van der Waals surface area contributed by atoms with Crippen molar-refractivity contribution in [1.82, 2.24) is 9.88 Å². The lowest BCUT2D eigenvalue weighted by Gasteiger charge is -2.48. The van der Waals surface area contributed by atoms with Gasteiger partial charge in [0, 0.05) is 15.5 Å². The molecule has 2 amide bonds. The number of aromatic amines is 1. The molecule has 8 atom stereocenters.